The summed E-state index contributed by atoms with van der Waals surface area (Å²) in [5.41, 5.74) is 3.67. The van der Waals surface area contributed by atoms with E-state index in [0.29, 0.717) is 6.61 Å². The van der Waals surface area contributed by atoms with E-state index in [2.05, 4.69) is 91.1 Å². The minimum absolute atomic E-state index is 0. The van der Waals surface area contributed by atoms with Crippen LogP contribution in [0.15, 0.2) is 97.1 Å². The molecule has 4 rings (SSSR count). The highest BCUT2D eigenvalue weighted by molar-refractivity contribution is 5.87. The van der Waals surface area contributed by atoms with Crippen molar-refractivity contribution in [3.8, 4) is 5.75 Å². The number of halogens is 1. The maximum atomic E-state index is 6.23. The van der Waals surface area contributed by atoms with Crippen LogP contribution in [0.5, 0.6) is 5.75 Å². The Morgan fingerprint density at radius 2 is 1.41 bits per heavy atom. The van der Waals surface area contributed by atoms with Crippen LogP contribution in [-0.4, -0.2) is 0 Å². The van der Waals surface area contributed by atoms with Crippen LogP contribution in [0.4, 0.5) is 0 Å². The molecule has 1 N–H and O–H groups in total. The van der Waals surface area contributed by atoms with Crippen molar-refractivity contribution in [3.05, 3.63) is 114 Å². The van der Waals surface area contributed by atoms with Gasteiger partial charge in [-0.2, -0.15) is 0 Å². The first-order valence-electron chi connectivity index (χ1n) is 9.77. The molecule has 0 fully saturated rings. The normalized spacial score (nSPS) is 11.6. The fraction of sp³-hybridized carbons (Fsp3) is 0.154. The van der Waals surface area contributed by atoms with Crippen molar-refractivity contribution in [2.24, 2.45) is 0 Å². The first-order chi connectivity index (χ1) is 13.8. The highest BCUT2D eigenvalue weighted by Crippen LogP contribution is 2.29. The number of hydrogen-bond donors (Lipinski definition) is 1. The summed E-state index contributed by atoms with van der Waals surface area (Å²) in [6.07, 6.45) is 0. The molecule has 0 spiro atoms. The molecule has 1 unspecified atom stereocenters. The summed E-state index contributed by atoms with van der Waals surface area (Å²) in [5.74, 6) is 0.940. The predicted octanol–water partition coefficient (Wildman–Crippen LogP) is 6.69. The molecule has 0 amide bonds. The predicted molar refractivity (Wildman–Crippen MR) is 124 cm³/mol. The SMILES string of the molecule is CC(NCc1c(OCc2ccccc2)ccc2ccccc12)c1ccccc1.Cl. The Hall–Kier alpha value is -2.81. The fourth-order valence-corrected chi connectivity index (χ4v) is 3.48. The Kier molecular flexibility index (Phi) is 7.29. The number of hydrogen-bond acceptors (Lipinski definition) is 2. The van der Waals surface area contributed by atoms with Crippen molar-refractivity contribution in [1.82, 2.24) is 5.32 Å². The first kappa shape index (κ1) is 20.9. The minimum Gasteiger partial charge on any atom is -0.489 e. The third-order valence-electron chi connectivity index (χ3n) is 5.12. The van der Waals surface area contributed by atoms with Gasteiger partial charge < -0.3 is 10.1 Å². The molecule has 0 saturated carbocycles. The van der Waals surface area contributed by atoms with Gasteiger partial charge >= 0.3 is 0 Å². The van der Waals surface area contributed by atoms with Gasteiger partial charge in [-0.25, -0.2) is 0 Å². The monoisotopic (exact) mass is 403 g/mol. The minimum atomic E-state index is 0. The van der Waals surface area contributed by atoms with Gasteiger partial charge in [-0.05, 0) is 34.9 Å². The molecule has 0 aliphatic carbocycles. The van der Waals surface area contributed by atoms with Gasteiger partial charge in [0.05, 0.1) is 0 Å². The Morgan fingerprint density at radius 3 is 2.17 bits per heavy atom. The average molecular weight is 404 g/mol. The molecule has 0 aromatic heterocycles. The van der Waals surface area contributed by atoms with Crippen LogP contribution in [-0.2, 0) is 13.2 Å². The highest BCUT2D eigenvalue weighted by atomic mass is 35.5. The van der Waals surface area contributed by atoms with Crippen molar-refractivity contribution in [1.29, 1.82) is 0 Å². The lowest BCUT2D eigenvalue weighted by atomic mass is 10.0. The Balaban J connectivity index is 0.00000240. The van der Waals surface area contributed by atoms with Crippen LogP contribution >= 0.6 is 12.4 Å². The van der Waals surface area contributed by atoms with Crippen molar-refractivity contribution in [2.45, 2.75) is 26.1 Å². The number of rotatable bonds is 7. The van der Waals surface area contributed by atoms with Gasteiger partial charge in [0, 0.05) is 18.2 Å². The maximum absolute atomic E-state index is 6.23. The zero-order valence-electron chi connectivity index (χ0n) is 16.5. The number of ether oxygens (including phenoxy) is 1. The number of nitrogens with one attached hydrogen (secondary N) is 1. The molecule has 0 saturated heterocycles. The maximum Gasteiger partial charge on any atom is 0.124 e. The molecule has 0 radical (unpaired) electrons. The van der Waals surface area contributed by atoms with E-state index in [9.17, 15) is 0 Å². The zero-order valence-corrected chi connectivity index (χ0v) is 17.4. The van der Waals surface area contributed by atoms with Gasteiger partial charge in [-0.3, -0.25) is 0 Å². The molecule has 1 atom stereocenters. The highest BCUT2D eigenvalue weighted by Gasteiger charge is 2.11. The Bertz CT molecular complexity index is 1030. The molecule has 3 heteroatoms. The van der Waals surface area contributed by atoms with Crippen LogP contribution in [0.25, 0.3) is 10.8 Å². The fourth-order valence-electron chi connectivity index (χ4n) is 3.48. The van der Waals surface area contributed by atoms with Crippen molar-refractivity contribution in [2.75, 3.05) is 0 Å². The van der Waals surface area contributed by atoms with Gasteiger partial charge in [-0.1, -0.05) is 91.0 Å². The number of benzene rings is 4. The van der Waals surface area contributed by atoms with Gasteiger partial charge in [0.25, 0.3) is 0 Å². The zero-order chi connectivity index (χ0) is 19.2. The Morgan fingerprint density at radius 1 is 0.759 bits per heavy atom. The van der Waals surface area contributed by atoms with E-state index in [1.165, 1.54) is 27.5 Å². The van der Waals surface area contributed by atoms with Crippen LogP contribution in [0, 0.1) is 0 Å². The summed E-state index contributed by atoms with van der Waals surface area (Å²) in [6.45, 7) is 3.52. The van der Waals surface area contributed by atoms with Crippen LogP contribution in [0.1, 0.15) is 29.7 Å². The number of fused-ring (bicyclic) bond motifs is 1. The lowest BCUT2D eigenvalue weighted by molar-refractivity contribution is 0.302. The van der Waals surface area contributed by atoms with Crippen LogP contribution < -0.4 is 10.1 Å². The van der Waals surface area contributed by atoms with E-state index in [1.54, 1.807) is 0 Å². The molecule has 0 aliphatic heterocycles. The summed E-state index contributed by atoms with van der Waals surface area (Å²) in [7, 11) is 0. The summed E-state index contributed by atoms with van der Waals surface area (Å²) in [5, 5.41) is 6.14. The topological polar surface area (TPSA) is 21.3 Å². The quantitative estimate of drug-likeness (QED) is 0.371. The second kappa shape index (κ2) is 10.1. The summed E-state index contributed by atoms with van der Waals surface area (Å²) < 4.78 is 6.23. The van der Waals surface area contributed by atoms with E-state index >= 15 is 0 Å². The molecule has 148 valence electrons. The first-order valence-corrected chi connectivity index (χ1v) is 9.77. The molecule has 4 aromatic rings. The van der Waals surface area contributed by atoms with Gasteiger partial charge in [0.2, 0.25) is 0 Å². The van der Waals surface area contributed by atoms with E-state index in [4.69, 9.17) is 4.74 Å². The Labute approximate surface area is 179 Å². The smallest absolute Gasteiger partial charge is 0.124 e. The third-order valence-corrected chi connectivity index (χ3v) is 5.12. The third kappa shape index (κ3) is 5.17. The average Bonchev–Trinajstić information content (AvgIpc) is 2.77. The second-order valence-corrected chi connectivity index (χ2v) is 7.05. The molecule has 4 aromatic carbocycles. The van der Waals surface area contributed by atoms with Crippen molar-refractivity contribution < 1.29 is 4.74 Å². The summed E-state index contributed by atoms with van der Waals surface area (Å²) in [6, 6.07) is 33.8. The van der Waals surface area contributed by atoms with Gasteiger partial charge in [-0.15, -0.1) is 12.4 Å². The van der Waals surface area contributed by atoms with Crippen molar-refractivity contribution in [3.63, 3.8) is 0 Å². The summed E-state index contributed by atoms with van der Waals surface area (Å²) in [4.78, 5) is 0. The lowest BCUT2D eigenvalue weighted by Gasteiger charge is -2.18. The van der Waals surface area contributed by atoms with E-state index in [1.807, 2.05) is 18.2 Å². The molecular formula is C26H26ClNO. The molecule has 0 aliphatic rings. The largest absolute Gasteiger partial charge is 0.489 e. The van der Waals surface area contributed by atoms with Crippen molar-refractivity contribution >= 4 is 23.2 Å². The summed E-state index contributed by atoms with van der Waals surface area (Å²) >= 11 is 0. The van der Waals surface area contributed by atoms with Crippen LogP contribution in [0.3, 0.4) is 0 Å². The lowest BCUT2D eigenvalue weighted by Crippen LogP contribution is -2.18. The molecular weight excluding hydrogens is 378 g/mol. The van der Waals surface area contributed by atoms with Gasteiger partial charge in [0.15, 0.2) is 0 Å². The molecule has 29 heavy (non-hydrogen) atoms. The van der Waals surface area contributed by atoms with E-state index in [-0.39, 0.29) is 18.4 Å². The molecule has 0 bridgehead atoms. The van der Waals surface area contributed by atoms with Crippen LogP contribution in [0.2, 0.25) is 0 Å². The standard InChI is InChI=1S/C26H25NO.ClH/c1-20(22-12-6-3-7-13-22)27-18-25-24-15-9-8-14-23(24)16-17-26(25)28-19-21-10-4-2-5-11-21;/h2-17,20,27H,18-19H2,1H3;1H. The van der Waals surface area contributed by atoms with E-state index < -0.39 is 0 Å². The molecule has 2 nitrogen and oxygen atoms in total. The molecule has 0 heterocycles. The van der Waals surface area contributed by atoms with Gasteiger partial charge in [0.1, 0.15) is 12.4 Å². The van der Waals surface area contributed by atoms with E-state index in [0.717, 1.165) is 12.3 Å². The second-order valence-electron chi connectivity index (χ2n) is 7.05.